The molecular weight excluding hydrogens is 238 g/mol. The quantitative estimate of drug-likeness (QED) is 0.748. The van der Waals surface area contributed by atoms with Gasteiger partial charge in [0, 0.05) is 6.54 Å². The summed E-state index contributed by atoms with van der Waals surface area (Å²) in [7, 11) is -3.98. The molecule has 4 bridgehead atoms. The molecule has 0 aromatic rings. The van der Waals surface area contributed by atoms with Crippen LogP contribution in [0.25, 0.3) is 0 Å². The first-order valence-electron chi connectivity index (χ1n) is 6.65. The fourth-order valence-electron chi connectivity index (χ4n) is 5.05. The molecule has 0 saturated heterocycles. The summed E-state index contributed by atoms with van der Waals surface area (Å²) in [6, 6.07) is 0. The minimum atomic E-state index is -3.98. The SMILES string of the molecule is NCC(C1C2CC3CC(C2)CC1C3)S(=O)(=O)O. The number of hydrogen-bond donors (Lipinski definition) is 2. The van der Waals surface area contributed by atoms with Crippen LogP contribution in [0.2, 0.25) is 0 Å². The predicted molar refractivity (Wildman–Crippen MR) is 64.9 cm³/mol. The molecule has 4 fully saturated rings. The Morgan fingerprint density at radius 2 is 1.53 bits per heavy atom. The second-order valence-corrected chi connectivity index (χ2v) is 7.93. The molecule has 17 heavy (non-hydrogen) atoms. The van der Waals surface area contributed by atoms with Crippen LogP contribution in [0.4, 0.5) is 0 Å². The minimum absolute atomic E-state index is 0.0613. The van der Waals surface area contributed by atoms with Crippen LogP contribution >= 0.6 is 0 Å². The van der Waals surface area contributed by atoms with Crippen molar-refractivity contribution < 1.29 is 13.0 Å². The van der Waals surface area contributed by atoms with Crippen LogP contribution < -0.4 is 5.73 Å². The van der Waals surface area contributed by atoms with Gasteiger partial charge in [0.25, 0.3) is 10.1 Å². The fourth-order valence-corrected chi connectivity index (χ4v) is 6.14. The lowest BCUT2D eigenvalue weighted by atomic mass is 9.51. The van der Waals surface area contributed by atoms with E-state index in [-0.39, 0.29) is 12.5 Å². The fraction of sp³-hybridized carbons (Fsp3) is 1.00. The first-order valence-corrected chi connectivity index (χ1v) is 8.15. The predicted octanol–water partition coefficient (Wildman–Crippen LogP) is 1.27. The topological polar surface area (TPSA) is 80.4 Å². The summed E-state index contributed by atoms with van der Waals surface area (Å²) >= 11 is 0. The average molecular weight is 259 g/mol. The van der Waals surface area contributed by atoms with E-state index in [0.717, 1.165) is 37.5 Å². The van der Waals surface area contributed by atoms with Crippen molar-refractivity contribution in [1.82, 2.24) is 0 Å². The zero-order valence-electron chi connectivity index (χ0n) is 9.96. The van der Waals surface area contributed by atoms with Gasteiger partial charge in [0.05, 0.1) is 0 Å². The van der Waals surface area contributed by atoms with Gasteiger partial charge in [-0.25, -0.2) is 0 Å². The zero-order chi connectivity index (χ0) is 12.2. The van der Waals surface area contributed by atoms with Crippen LogP contribution in [0.5, 0.6) is 0 Å². The summed E-state index contributed by atoms with van der Waals surface area (Å²) in [6.45, 7) is 0.0613. The van der Waals surface area contributed by atoms with Gasteiger partial charge in [-0.3, -0.25) is 4.55 Å². The highest BCUT2D eigenvalue weighted by molar-refractivity contribution is 7.86. The van der Waals surface area contributed by atoms with Gasteiger partial charge in [0.2, 0.25) is 0 Å². The van der Waals surface area contributed by atoms with Crippen LogP contribution in [-0.4, -0.2) is 24.8 Å². The Balaban J connectivity index is 1.88. The van der Waals surface area contributed by atoms with Gasteiger partial charge in [-0.15, -0.1) is 0 Å². The summed E-state index contributed by atoms with van der Waals surface area (Å²) in [6.07, 6.45) is 5.97. The molecule has 0 heterocycles. The monoisotopic (exact) mass is 259 g/mol. The molecule has 4 aliphatic carbocycles. The van der Waals surface area contributed by atoms with Gasteiger partial charge in [-0.2, -0.15) is 8.42 Å². The Labute approximate surface area is 103 Å². The lowest BCUT2D eigenvalue weighted by Gasteiger charge is -2.55. The van der Waals surface area contributed by atoms with Crippen molar-refractivity contribution in [3.63, 3.8) is 0 Å². The standard InChI is InChI=1S/C12H21NO3S/c13-6-11(17(14,15)16)12-9-2-7-1-8(4-9)5-10(12)3-7/h7-12H,1-6,13H2,(H,14,15,16). The first kappa shape index (κ1) is 11.9. The van der Waals surface area contributed by atoms with Crippen molar-refractivity contribution >= 4 is 10.1 Å². The van der Waals surface area contributed by atoms with Crippen molar-refractivity contribution in [2.24, 2.45) is 35.3 Å². The van der Waals surface area contributed by atoms with Crippen molar-refractivity contribution in [3.05, 3.63) is 0 Å². The van der Waals surface area contributed by atoms with E-state index in [4.69, 9.17) is 5.73 Å². The van der Waals surface area contributed by atoms with Crippen molar-refractivity contribution in [1.29, 1.82) is 0 Å². The first-order chi connectivity index (χ1) is 7.99. The summed E-state index contributed by atoms with van der Waals surface area (Å²) in [5.41, 5.74) is 5.60. The third-order valence-electron chi connectivity index (χ3n) is 5.34. The van der Waals surface area contributed by atoms with Crippen molar-refractivity contribution in [2.45, 2.75) is 37.4 Å². The van der Waals surface area contributed by atoms with Crippen LogP contribution in [0.1, 0.15) is 32.1 Å². The average Bonchev–Trinajstić information content (AvgIpc) is 2.20. The molecule has 4 aliphatic rings. The van der Waals surface area contributed by atoms with E-state index in [9.17, 15) is 13.0 Å². The Kier molecular flexibility index (Phi) is 2.76. The second kappa shape index (κ2) is 3.93. The van der Waals surface area contributed by atoms with E-state index < -0.39 is 15.4 Å². The Morgan fingerprint density at radius 1 is 1.06 bits per heavy atom. The van der Waals surface area contributed by atoms with Crippen LogP contribution in [0.3, 0.4) is 0 Å². The zero-order valence-corrected chi connectivity index (χ0v) is 10.8. The molecule has 4 saturated carbocycles. The molecule has 1 unspecified atom stereocenters. The number of nitrogens with two attached hydrogens (primary N) is 1. The number of hydrogen-bond acceptors (Lipinski definition) is 3. The maximum atomic E-state index is 11.5. The lowest BCUT2D eigenvalue weighted by Crippen LogP contribution is -2.53. The van der Waals surface area contributed by atoms with E-state index in [2.05, 4.69) is 0 Å². The largest absolute Gasteiger partial charge is 0.329 e. The molecule has 98 valence electrons. The van der Waals surface area contributed by atoms with Gasteiger partial charge in [0.15, 0.2) is 0 Å². The third kappa shape index (κ3) is 1.92. The highest BCUT2D eigenvalue weighted by atomic mass is 32.2. The molecule has 0 aliphatic heterocycles. The molecule has 0 radical (unpaired) electrons. The van der Waals surface area contributed by atoms with E-state index >= 15 is 0 Å². The molecule has 3 N–H and O–H groups in total. The van der Waals surface area contributed by atoms with Crippen molar-refractivity contribution in [3.8, 4) is 0 Å². The Bertz CT molecular complexity index is 378. The highest BCUT2D eigenvalue weighted by Crippen LogP contribution is 2.57. The third-order valence-corrected chi connectivity index (χ3v) is 6.62. The smallest absolute Gasteiger partial charge is 0.269 e. The van der Waals surface area contributed by atoms with Gasteiger partial charge in [0.1, 0.15) is 5.25 Å². The molecule has 0 aromatic heterocycles. The van der Waals surface area contributed by atoms with Crippen LogP contribution in [0.15, 0.2) is 0 Å². The maximum absolute atomic E-state index is 11.5. The number of rotatable bonds is 3. The molecule has 1 atom stereocenters. The summed E-state index contributed by atoms with van der Waals surface area (Å²) in [4.78, 5) is 0. The maximum Gasteiger partial charge on any atom is 0.269 e. The summed E-state index contributed by atoms with van der Waals surface area (Å²) in [5.74, 6) is 2.72. The highest BCUT2D eigenvalue weighted by Gasteiger charge is 2.52. The van der Waals surface area contributed by atoms with Gasteiger partial charge in [-0.1, -0.05) is 0 Å². The molecule has 0 aromatic carbocycles. The lowest BCUT2D eigenvalue weighted by molar-refractivity contribution is -0.0377. The minimum Gasteiger partial charge on any atom is -0.329 e. The summed E-state index contributed by atoms with van der Waals surface area (Å²) < 4.78 is 32.3. The second-order valence-electron chi connectivity index (χ2n) is 6.30. The van der Waals surface area contributed by atoms with Crippen molar-refractivity contribution in [2.75, 3.05) is 6.54 Å². The van der Waals surface area contributed by atoms with Gasteiger partial charge in [-0.05, 0) is 61.7 Å². The summed E-state index contributed by atoms with van der Waals surface area (Å²) in [5, 5.41) is -0.725. The Hall–Kier alpha value is -0.130. The van der Waals surface area contributed by atoms with Crippen LogP contribution in [-0.2, 0) is 10.1 Å². The van der Waals surface area contributed by atoms with E-state index in [0.29, 0.717) is 11.8 Å². The normalized spacial score (nSPS) is 46.1. The van der Waals surface area contributed by atoms with Gasteiger partial charge < -0.3 is 5.73 Å². The molecular formula is C12H21NO3S. The molecule has 4 rings (SSSR count). The Morgan fingerprint density at radius 3 is 1.88 bits per heavy atom. The van der Waals surface area contributed by atoms with Gasteiger partial charge >= 0.3 is 0 Å². The van der Waals surface area contributed by atoms with E-state index in [1.54, 1.807) is 0 Å². The van der Waals surface area contributed by atoms with E-state index in [1.807, 2.05) is 0 Å². The van der Waals surface area contributed by atoms with E-state index in [1.165, 1.54) is 6.42 Å². The molecule has 0 spiro atoms. The van der Waals surface area contributed by atoms with Crippen LogP contribution in [0, 0.1) is 29.6 Å². The molecule has 5 heteroatoms. The molecule has 4 nitrogen and oxygen atoms in total. The molecule has 0 amide bonds.